The molecule has 0 aliphatic carbocycles. The number of aliphatic hydroxyl groups is 3. The Morgan fingerprint density at radius 1 is 1.30 bits per heavy atom. The lowest BCUT2D eigenvalue weighted by Gasteiger charge is -1.97. The summed E-state index contributed by atoms with van der Waals surface area (Å²) in [7, 11) is 0. The van der Waals surface area contributed by atoms with Gasteiger partial charge in [0.15, 0.2) is 11.5 Å². The second-order valence-electron chi connectivity index (χ2n) is 1.72. The Balaban J connectivity index is 4.51. The molecule has 0 aromatic carbocycles. The highest BCUT2D eigenvalue weighted by atomic mass is 16.3. The maximum Gasteiger partial charge on any atom is 0.195 e. The maximum atomic E-state index is 8.81. The highest BCUT2D eigenvalue weighted by Gasteiger charge is 2.01. The zero-order chi connectivity index (χ0) is 8.15. The van der Waals surface area contributed by atoms with Crippen LogP contribution in [0.3, 0.4) is 0 Å². The summed E-state index contributed by atoms with van der Waals surface area (Å²) in [6.45, 7) is 4.56. The van der Waals surface area contributed by atoms with E-state index in [4.69, 9.17) is 15.3 Å². The van der Waals surface area contributed by atoms with Gasteiger partial charge in [0, 0.05) is 0 Å². The third-order valence-corrected chi connectivity index (χ3v) is 0.861. The number of allylic oxidation sites excluding steroid dienone is 3. The van der Waals surface area contributed by atoms with Crippen LogP contribution < -0.4 is 0 Å². The van der Waals surface area contributed by atoms with E-state index in [2.05, 4.69) is 6.58 Å². The molecular weight excluding hydrogens is 132 g/mol. The Bertz CT molecular complexity index is 185. The van der Waals surface area contributed by atoms with Gasteiger partial charge in [-0.25, -0.2) is 0 Å². The molecule has 0 aliphatic rings. The summed E-state index contributed by atoms with van der Waals surface area (Å²) in [6, 6.07) is 0. The summed E-state index contributed by atoms with van der Waals surface area (Å²) >= 11 is 0. The fourth-order valence-electron chi connectivity index (χ4n) is 0.376. The van der Waals surface area contributed by atoms with E-state index in [0.717, 1.165) is 0 Å². The van der Waals surface area contributed by atoms with Crippen molar-refractivity contribution in [3.8, 4) is 0 Å². The molecular formula is C7H10O3. The van der Waals surface area contributed by atoms with Gasteiger partial charge in [0.05, 0.1) is 0 Å². The Morgan fingerprint density at radius 3 is 2.10 bits per heavy atom. The lowest BCUT2D eigenvalue weighted by atomic mass is 10.3. The van der Waals surface area contributed by atoms with Gasteiger partial charge >= 0.3 is 0 Å². The Labute approximate surface area is 59.2 Å². The van der Waals surface area contributed by atoms with Gasteiger partial charge in [-0.3, -0.25) is 0 Å². The molecule has 0 heterocycles. The first kappa shape index (κ1) is 8.62. The molecule has 0 saturated heterocycles. The van der Waals surface area contributed by atoms with Crippen molar-refractivity contribution < 1.29 is 15.3 Å². The van der Waals surface area contributed by atoms with Crippen molar-refractivity contribution in [1.82, 2.24) is 0 Å². The average molecular weight is 142 g/mol. The van der Waals surface area contributed by atoms with Crippen molar-refractivity contribution in [3.63, 3.8) is 0 Å². The van der Waals surface area contributed by atoms with E-state index in [1.807, 2.05) is 0 Å². The highest BCUT2D eigenvalue weighted by molar-refractivity contribution is 5.22. The first-order valence-electron chi connectivity index (χ1n) is 2.70. The number of hydrogen-bond acceptors (Lipinski definition) is 3. The second-order valence-corrected chi connectivity index (χ2v) is 1.72. The zero-order valence-corrected chi connectivity index (χ0v) is 5.70. The average Bonchev–Trinajstić information content (AvgIpc) is 1.87. The molecule has 3 N–H and O–H groups in total. The first-order chi connectivity index (χ1) is 4.59. The van der Waals surface area contributed by atoms with Crippen molar-refractivity contribution in [2.24, 2.45) is 0 Å². The van der Waals surface area contributed by atoms with Crippen LogP contribution in [-0.2, 0) is 0 Å². The molecule has 0 rings (SSSR count). The molecule has 0 spiro atoms. The topological polar surface area (TPSA) is 60.7 Å². The molecule has 0 aromatic heterocycles. The third kappa shape index (κ3) is 2.26. The number of hydrogen-bond donors (Lipinski definition) is 3. The molecule has 0 amide bonds. The minimum absolute atomic E-state index is 0.324. The van der Waals surface area contributed by atoms with Crippen LogP contribution in [-0.4, -0.2) is 15.3 Å². The van der Waals surface area contributed by atoms with Crippen LogP contribution in [0.5, 0.6) is 0 Å². The molecule has 0 unspecified atom stereocenters. The van der Waals surface area contributed by atoms with Gasteiger partial charge in [0.2, 0.25) is 0 Å². The van der Waals surface area contributed by atoms with Crippen LogP contribution >= 0.6 is 0 Å². The standard InChI is InChI=1S/C7H10O3/c1-3-4-6(9)7(10)5(2)8/h3-4,8-10H,1H2,2H3/b6-4+,7-5-. The molecule has 0 saturated carbocycles. The van der Waals surface area contributed by atoms with Crippen molar-refractivity contribution in [2.45, 2.75) is 6.92 Å². The molecule has 0 aromatic rings. The van der Waals surface area contributed by atoms with Gasteiger partial charge in [0.25, 0.3) is 0 Å². The summed E-state index contributed by atoms with van der Waals surface area (Å²) in [6.07, 6.45) is 2.48. The van der Waals surface area contributed by atoms with Gasteiger partial charge in [-0.15, -0.1) is 0 Å². The second kappa shape index (κ2) is 3.61. The lowest BCUT2D eigenvalue weighted by molar-refractivity contribution is 0.285. The smallest absolute Gasteiger partial charge is 0.195 e. The van der Waals surface area contributed by atoms with Gasteiger partial charge in [-0.05, 0) is 13.0 Å². The van der Waals surface area contributed by atoms with Gasteiger partial charge in [-0.1, -0.05) is 12.7 Å². The SMILES string of the molecule is C=C/C=C(O)\C(O)=C(/C)O. The quantitative estimate of drug-likeness (QED) is 0.408. The van der Waals surface area contributed by atoms with Crippen LogP contribution in [0, 0.1) is 0 Å². The minimum atomic E-state index is -0.528. The molecule has 0 radical (unpaired) electrons. The summed E-state index contributed by atoms with van der Waals surface area (Å²) in [5.41, 5.74) is 0. The summed E-state index contributed by atoms with van der Waals surface area (Å²) in [4.78, 5) is 0. The van der Waals surface area contributed by atoms with Gasteiger partial charge < -0.3 is 15.3 Å². The Hall–Kier alpha value is -1.38. The molecule has 56 valence electrons. The fourth-order valence-corrected chi connectivity index (χ4v) is 0.376. The van der Waals surface area contributed by atoms with E-state index in [1.165, 1.54) is 19.1 Å². The third-order valence-electron chi connectivity index (χ3n) is 0.861. The van der Waals surface area contributed by atoms with E-state index >= 15 is 0 Å². The zero-order valence-electron chi connectivity index (χ0n) is 5.70. The highest BCUT2D eigenvalue weighted by Crippen LogP contribution is 2.05. The molecule has 0 aliphatic heterocycles. The van der Waals surface area contributed by atoms with Gasteiger partial charge in [-0.2, -0.15) is 0 Å². The first-order valence-corrected chi connectivity index (χ1v) is 2.70. The Morgan fingerprint density at radius 2 is 1.80 bits per heavy atom. The summed E-state index contributed by atoms with van der Waals surface area (Å²) < 4.78 is 0. The minimum Gasteiger partial charge on any atom is -0.509 e. The number of aliphatic hydroxyl groups excluding tert-OH is 3. The molecule has 3 nitrogen and oxygen atoms in total. The van der Waals surface area contributed by atoms with Crippen molar-refractivity contribution in [2.75, 3.05) is 0 Å². The summed E-state index contributed by atoms with van der Waals surface area (Å²) in [5.74, 6) is -1.24. The largest absolute Gasteiger partial charge is 0.509 e. The van der Waals surface area contributed by atoms with E-state index in [9.17, 15) is 0 Å². The van der Waals surface area contributed by atoms with Crippen molar-refractivity contribution in [3.05, 3.63) is 36.0 Å². The molecule has 10 heavy (non-hydrogen) atoms. The van der Waals surface area contributed by atoms with Crippen molar-refractivity contribution in [1.29, 1.82) is 0 Å². The van der Waals surface area contributed by atoms with E-state index < -0.39 is 11.5 Å². The van der Waals surface area contributed by atoms with E-state index in [-0.39, 0.29) is 5.76 Å². The maximum absolute atomic E-state index is 8.81. The van der Waals surface area contributed by atoms with E-state index in [1.54, 1.807) is 0 Å². The lowest BCUT2D eigenvalue weighted by Crippen LogP contribution is -1.90. The fraction of sp³-hybridized carbons (Fsp3) is 0.143. The normalized spacial score (nSPS) is 14.3. The molecule has 0 fully saturated rings. The van der Waals surface area contributed by atoms with Crippen LogP contribution in [0.1, 0.15) is 6.92 Å². The van der Waals surface area contributed by atoms with Crippen LogP contribution in [0.15, 0.2) is 36.0 Å². The number of rotatable bonds is 2. The van der Waals surface area contributed by atoms with Crippen LogP contribution in [0.2, 0.25) is 0 Å². The predicted molar refractivity (Wildman–Crippen MR) is 38.9 cm³/mol. The summed E-state index contributed by atoms with van der Waals surface area (Å²) in [5, 5.41) is 26.2. The van der Waals surface area contributed by atoms with Crippen LogP contribution in [0.25, 0.3) is 0 Å². The monoisotopic (exact) mass is 142 g/mol. The van der Waals surface area contributed by atoms with Crippen molar-refractivity contribution >= 4 is 0 Å². The Kier molecular flexibility index (Phi) is 3.11. The van der Waals surface area contributed by atoms with Crippen LogP contribution in [0.4, 0.5) is 0 Å². The van der Waals surface area contributed by atoms with E-state index in [0.29, 0.717) is 0 Å². The van der Waals surface area contributed by atoms with Gasteiger partial charge in [0.1, 0.15) is 5.76 Å². The predicted octanol–water partition coefficient (Wildman–Crippen LogP) is 1.96. The molecule has 3 heteroatoms. The molecule has 0 bridgehead atoms. The molecule has 0 atom stereocenters.